The lowest BCUT2D eigenvalue weighted by Crippen LogP contribution is -2.42. The van der Waals surface area contributed by atoms with Crippen LogP contribution in [0.4, 0.5) is 11.4 Å². The zero-order chi connectivity index (χ0) is 13.1. The summed E-state index contributed by atoms with van der Waals surface area (Å²) in [7, 11) is 2.06. The van der Waals surface area contributed by atoms with E-state index < -0.39 is 0 Å². The van der Waals surface area contributed by atoms with Gasteiger partial charge >= 0.3 is 0 Å². The van der Waals surface area contributed by atoms with Crippen LogP contribution in [0.15, 0.2) is 24.3 Å². The second-order valence-corrected chi connectivity index (χ2v) is 4.97. The van der Waals surface area contributed by atoms with Crippen molar-refractivity contribution in [2.75, 3.05) is 29.9 Å². The maximum atomic E-state index is 12.2. The van der Waals surface area contributed by atoms with E-state index in [0.717, 1.165) is 30.9 Å². The Bertz CT molecular complexity index is 431. The van der Waals surface area contributed by atoms with Crippen molar-refractivity contribution >= 4 is 17.3 Å². The zero-order valence-electron chi connectivity index (χ0n) is 11.1. The molecule has 18 heavy (non-hydrogen) atoms. The molecule has 4 nitrogen and oxygen atoms in total. The van der Waals surface area contributed by atoms with E-state index in [9.17, 15) is 4.79 Å². The van der Waals surface area contributed by atoms with Crippen molar-refractivity contribution in [2.45, 2.75) is 25.8 Å². The molecule has 0 fully saturated rings. The van der Waals surface area contributed by atoms with Crippen LogP contribution in [-0.4, -0.2) is 32.1 Å². The standard InChI is InChI=1S/C14H21N3O/c1-11(15)7-8-14(18)17-10-9-16(2)12-5-3-4-6-13(12)17/h3-6,11H,7-10,15H2,1-2H3. The fourth-order valence-electron chi connectivity index (χ4n) is 2.25. The van der Waals surface area contributed by atoms with Crippen LogP contribution in [0.3, 0.4) is 0 Å². The number of benzene rings is 1. The van der Waals surface area contributed by atoms with Gasteiger partial charge in [0.1, 0.15) is 0 Å². The molecule has 0 bridgehead atoms. The van der Waals surface area contributed by atoms with Crippen molar-refractivity contribution in [3.8, 4) is 0 Å². The fraction of sp³-hybridized carbons (Fsp3) is 0.500. The van der Waals surface area contributed by atoms with Gasteiger partial charge in [0.05, 0.1) is 11.4 Å². The molecule has 2 N–H and O–H groups in total. The number of nitrogens with two attached hydrogens (primary N) is 1. The monoisotopic (exact) mass is 247 g/mol. The second-order valence-electron chi connectivity index (χ2n) is 4.97. The third kappa shape index (κ3) is 2.64. The van der Waals surface area contributed by atoms with Crippen molar-refractivity contribution in [3.63, 3.8) is 0 Å². The van der Waals surface area contributed by atoms with E-state index >= 15 is 0 Å². The molecule has 1 aliphatic heterocycles. The molecule has 4 heteroatoms. The molecule has 0 saturated carbocycles. The number of hydrogen-bond donors (Lipinski definition) is 1. The van der Waals surface area contributed by atoms with Crippen LogP contribution in [0.1, 0.15) is 19.8 Å². The van der Waals surface area contributed by atoms with Gasteiger partial charge in [-0.15, -0.1) is 0 Å². The number of amides is 1. The SMILES string of the molecule is CC(N)CCC(=O)N1CCN(C)c2ccccc21. The van der Waals surface area contributed by atoms with Crippen molar-refractivity contribution in [2.24, 2.45) is 5.73 Å². The smallest absolute Gasteiger partial charge is 0.227 e. The number of fused-ring (bicyclic) bond motifs is 1. The minimum Gasteiger partial charge on any atom is -0.371 e. The average molecular weight is 247 g/mol. The molecule has 1 amide bonds. The molecule has 0 spiro atoms. The molecule has 1 unspecified atom stereocenters. The minimum absolute atomic E-state index is 0.0802. The highest BCUT2D eigenvalue weighted by molar-refractivity contribution is 5.97. The van der Waals surface area contributed by atoms with Gasteiger partial charge in [-0.3, -0.25) is 4.79 Å². The van der Waals surface area contributed by atoms with Crippen LogP contribution >= 0.6 is 0 Å². The third-order valence-corrected chi connectivity index (χ3v) is 3.36. The minimum atomic E-state index is 0.0802. The Balaban J connectivity index is 2.15. The van der Waals surface area contributed by atoms with Crippen LogP contribution in [0.5, 0.6) is 0 Å². The van der Waals surface area contributed by atoms with Crippen molar-refractivity contribution in [3.05, 3.63) is 24.3 Å². The summed E-state index contributed by atoms with van der Waals surface area (Å²) in [6.07, 6.45) is 1.27. The summed E-state index contributed by atoms with van der Waals surface area (Å²) in [6.45, 7) is 3.57. The Labute approximate surface area is 108 Å². The first-order valence-corrected chi connectivity index (χ1v) is 6.45. The van der Waals surface area contributed by atoms with Gasteiger partial charge in [-0.1, -0.05) is 12.1 Å². The number of nitrogens with zero attached hydrogens (tertiary/aromatic N) is 2. The van der Waals surface area contributed by atoms with Crippen LogP contribution in [0.2, 0.25) is 0 Å². The number of likely N-dealkylation sites (N-methyl/N-ethyl adjacent to an activating group) is 1. The summed E-state index contributed by atoms with van der Waals surface area (Å²) < 4.78 is 0. The van der Waals surface area contributed by atoms with Crippen LogP contribution in [0.25, 0.3) is 0 Å². The molecule has 1 heterocycles. The molecule has 0 aromatic heterocycles. The van der Waals surface area contributed by atoms with Crippen molar-refractivity contribution in [1.29, 1.82) is 0 Å². The summed E-state index contributed by atoms with van der Waals surface area (Å²) in [5.74, 6) is 0.174. The van der Waals surface area contributed by atoms with Gasteiger partial charge in [0, 0.05) is 32.6 Å². The van der Waals surface area contributed by atoms with Gasteiger partial charge in [-0.25, -0.2) is 0 Å². The first-order chi connectivity index (χ1) is 8.59. The molecular weight excluding hydrogens is 226 g/mol. The highest BCUT2D eigenvalue weighted by atomic mass is 16.2. The second kappa shape index (κ2) is 5.40. The van der Waals surface area contributed by atoms with E-state index in [4.69, 9.17) is 5.73 Å². The zero-order valence-corrected chi connectivity index (χ0v) is 11.1. The van der Waals surface area contributed by atoms with E-state index in [0.29, 0.717) is 6.42 Å². The summed E-state index contributed by atoms with van der Waals surface area (Å²) in [4.78, 5) is 16.3. The summed E-state index contributed by atoms with van der Waals surface area (Å²) >= 11 is 0. The van der Waals surface area contributed by atoms with Crippen LogP contribution < -0.4 is 15.5 Å². The molecule has 98 valence electrons. The Morgan fingerprint density at radius 1 is 1.33 bits per heavy atom. The molecule has 1 aromatic rings. The Hall–Kier alpha value is -1.55. The van der Waals surface area contributed by atoms with E-state index in [-0.39, 0.29) is 11.9 Å². The van der Waals surface area contributed by atoms with Crippen LogP contribution in [-0.2, 0) is 4.79 Å². The van der Waals surface area contributed by atoms with Crippen LogP contribution in [0, 0.1) is 0 Å². The summed E-state index contributed by atoms with van der Waals surface area (Å²) in [6, 6.07) is 8.13. The number of rotatable bonds is 3. The van der Waals surface area contributed by atoms with Gasteiger partial charge in [0.15, 0.2) is 0 Å². The fourth-order valence-corrected chi connectivity index (χ4v) is 2.25. The Morgan fingerprint density at radius 3 is 2.67 bits per heavy atom. The molecule has 0 radical (unpaired) electrons. The summed E-state index contributed by atoms with van der Waals surface area (Å²) in [5, 5.41) is 0. The topological polar surface area (TPSA) is 49.6 Å². The largest absolute Gasteiger partial charge is 0.371 e. The first-order valence-electron chi connectivity index (χ1n) is 6.45. The molecule has 1 aliphatic rings. The Kier molecular flexibility index (Phi) is 3.87. The normalized spacial score (nSPS) is 16.4. The van der Waals surface area contributed by atoms with E-state index in [1.54, 1.807) is 0 Å². The maximum Gasteiger partial charge on any atom is 0.227 e. The van der Waals surface area contributed by atoms with Gasteiger partial charge in [0.2, 0.25) is 5.91 Å². The number of carbonyl (C=O) groups excluding carboxylic acids is 1. The molecular formula is C14H21N3O. The van der Waals surface area contributed by atoms with E-state index in [1.165, 1.54) is 0 Å². The van der Waals surface area contributed by atoms with Gasteiger partial charge in [0.25, 0.3) is 0 Å². The summed E-state index contributed by atoms with van der Waals surface area (Å²) in [5.41, 5.74) is 7.85. The highest BCUT2D eigenvalue weighted by Crippen LogP contribution is 2.32. The lowest BCUT2D eigenvalue weighted by atomic mass is 10.1. The van der Waals surface area contributed by atoms with Crippen molar-refractivity contribution in [1.82, 2.24) is 0 Å². The van der Waals surface area contributed by atoms with Gasteiger partial charge in [-0.2, -0.15) is 0 Å². The lowest BCUT2D eigenvalue weighted by molar-refractivity contribution is -0.118. The molecule has 0 aliphatic carbocycles. The predicted molar refractivity (Wildman–Crippen MR) is 74.9 cm³/mol. The third-order valence-electron chi connectivity index (χ3n) is 3.36. The molecule has 0 saturated heterocycles. The van der Waals surface area contributed by atoms with Gasteiger partial charge in [-0.05, 0) is 25.5 Å². The van der Waals surface area contributed by atoms with Gasteiger partial charge < -0.3 is 15.5 Å². The number of para-hydroxylation sites is 2. The van der Waals surface area contributed by atoms with E-state index in [1.807, 2.05) is 30.0 Å². The molecule has 2 rings (SSSR count). The van der Waals surface area contributed by atoms with E-state index in [2.05, 4.69) is 18.0 Å². The average Bonchev–Trinajstić information content (AvgIpc) is 2.37. The highest BCUT2D eigenvalue weighted by Gasteiger charge is 2.24. The Morgan fingerprint density at radius 2 is 2.00 bits per heavy atom. The van der Waals surface area contributed by atoms with Crippen molar-refractivity contribution < 1.29 is 4.79 Å². The predicted octanol–water partition coefficient (Wildman–Crippen LogP) is 1.60. The number of anilines is 2. The maximum absolute atomic E-state index is 12.2. The number of carbonyl (C=O) groups is 1. The molecule has 1 aromatic carbocycles. The number of hydrogen-bond acceptors (Lipinski definition) is 3. The lowest BCUT2D eigenvalue weighted by Gasteiger charge is -2.35. The first kappa shape index (κ1) is 12.9. The molecule has 1 atom stereocenters. The quantitative estimate of drug-likeness (QED) is 0.882.